The topological polar surface area (TPSA) is 73.2 Å². The number of carbonyl (C=O) groups is 1. The first kappa shape index (κ1) is 22.8. The van der Waals surface area contributed by atoms with Crippen LogP contribution in [-0.2, 0) is 28.9 Å². The van der Waals surface area contributed by atoms with Gasteiger partial charge >= 0.3 is 0 Å². The largest absolute Gasteiger partial charge is 0.376 e. The summed E-state index contributed by atoms with van der Waals surface area (Å²) in [7, 11) is 0. The molecule has 1 aliphatic carbocycles. The van der Waals surface area contributed by atoms with E-state index in [1.165, 1.54) is 22.2 Å². The smallest absolute Gasteiger partial charge is 0.263 e. The first-order valence-corrected chi connectivity index (χ1v) is 13.3. The van der Waals surface area contributed by atoms with Crippen LogP contribution in [0.25, 0.3) is 10.2 Å². The lowest BCUT2D eigenvalue weighted by Crippen LogP contribution is -2.30. The van der Waals surface area contributed by atoms with Gasteiger partial charge in [0.05, 0.1) is 23.8 Å². The number of thioether (sulfide) groups is 1. The summed E-state index contributed by atoms with van der Waals surface area (Å²) >= 11 is 3.03. The number of aromatic nitrogens is 2. The molecule has 1 aliphatic heterocycles. The molecule has 1 saturated heterocycles. The summed E-state index contributed by atoms with van der Waals surface area (Å²) in [5.74, 6) is 1.46. The van der Waals surface area contributed by atoms with E-state index in [2.05, 4.69) is 26.1 Å². The Balaban J connectivity index is 1.61. The predicted molar refractivity (Wildman–Crippen MR) is 127 cm³/mol. The minimum absolute atomic E-state index is 0.0111. The number of nitrogens with zero attached hydrogens (tertiary/aromatic N) is 2. The zero-order chi connectivity index (χ0) is 22.0. The summed E-state index contributed by atoms with van der Waals surface area (Å²) in [5, 5.41) is 4.42. The number of hydrogen-bond donors (Lipinski definition) is 1. The first-order chi connectivity index (χ1) is 14.9. The van der Waals surface area contributed by atoms with Crippen LogP contribution in [0.3, 0.4) is 0 Å². The molecule has 2 aromatic heterocycles. The van der Waals surface area contributed by atoms with Crippen LogP contribution < -0.4 is 10.9 Å². The molecule has 170 valence electrons. The Kier molecular flexibility index (Phi) is 7.39. The number of fused-ring (bicyclic) bond motifs is 3. The normalized spacial score (nSPS) is 21.0. The second kappa shape index (κ2) is 10.0. The van der Waals surface area contributed by atoms with E-state index in [1.54, 1.807) is 15.9 Å². The van der Waals surface area contributed by atoms with Gasteiger partial charge in [-0.05, 0) is 55.9 Å². The highest BCUT2D eigenvalue weighted by molar-refractivity contribution is 7.99. The Labute approximate surface area is 192 Å². The van der Waals surface area contributed by atoms with Crippen LogP contribution in [0.5, 0.6) is 0 Å². The molecule has 31 heavy (non-hydrogen) atoms. The highest BCUT2D eigenvalue weighted by atomic mass is 32.2. The van der Waals surface area contributed by atoms with E-state index in [4.69, 9.17) is 9.72 Å². The molecule has 2 aliphatic rings. The molecule has 2 unspecified atom stereocenters. The SMILES string of the molecule is CC(C)CCNC(=O)CSc1nc2sc3c(c2c(=O)n1CC1CCCO1)CCC(C)C3. The van der Waals surface area contributed by atoms with Crippen molar-refractivity contribution < 1.29 is 9.53 Å². The number of rotatable bonds is 8. The molecule has 0 saturated carbocycles. The molecule has 0 spiro atoms. The van der Waals surface area contributed by atoms with Gasteiger partial charge in [-0.25, -0.2) is 4.98 Å². The van der Waals surface area contributed by atoms with Crippen LogP contribution in [0, 0.1) is 11.8 Å². The third-order valence-corrected chi connectivity index (χ3v) is 8.29. The molecule has 6 nitrogen and oxygen atoms in total. The quantitative estimate of drug-likeness (QED) is 0.473. The Morgan fingerprint density at radius 2 is 2.23 bits per heavy atom. The van der Waals surface area contributed by atoms with E-state index in [9.17, 15) is 9.59 Å². The van der Waals surface area contributed by atoms with Gasteiger partial charge in [-0.15, -0.1) is 11.3 Å². The fraction of sp³-hybridized carbons (Fsp3) is 0.696. The maximum absolute atomic E-state index is 13.6. The molecule has 2 atom stereocenters. The molecule has 8 heteroatoms. The maximum Gasteiger partial charge on any atom is 0.263 e. The van der Waals surface area contributed by atoms with E-state index in [1.807, 2.05) is 0 Å². The van der Waals surface area contributed by atoms with Gasteiger partial charge in [0.1, 0.15) is 4.83 Å². The van der Waals surface area contributed by atoms with Crippen molar-refractivity contribution >= 4 is 39.2 Å². The highest BCUT2D eigenvalue weighted by Gasteiger charge is 2.26. The number of ether oxygens (including phenoxy) is 1. The fourth-order valence-electron chi connectivity index (χ4n) is 4.35. The molecular formula is C23H33N3O3S2. The fourth-order valence-corrected chi connectivity index (χ4v) is 6.61. The van der Waals surface area contributed by atoms with Crippen LogP contribution in [0.4, 0.5) is 0 Å². The van der Waals surface area contributed by atoms with Crippen molar-refractivity contribution in [3.05, 3.63) is 20.8 Å². The Morgan fingerprint density at radius 3 is 2.97 bits per heavy atom. The van der Waals surface area contributed by atoms with Crippen molar-refractivity contribution in [2.45, 2.75) is 77.1 Å². The van der Waals surface area contributed by atoms with Gasteiger partial charge in [0.15, 0.2) is 5.16 Å². The van der Waals surface area contributed by atoms with Crippen LogP contribution >= 0.6 is 23.1 Å². The Hall–Kier alpha value is -1.38. The van der Waals surface area contributed by atoms with Crippen molar-refractivity contribution in [3.8, 4) is 0 Å². The summed E-state index contributed by atoms with van der Waals surface area (Å²) in [6, 6.07) is 0. The minimum Gasteiger partial charge on any atom is -0.376 e. The minimum atomic E-state index is -0.0111. The molecule has 1 amide bonds. The highest BCUT2D eigenvalue weighted by Crippen LogP contribution is 2.36. The maximum atomic E-state index is 13.6. The molecule has 1 N–H and O–H groups in total. The summed E-state index contributed by atoms with van der Waals surface area (Å²) < 4.78 is 7.59. The zero-order valence-electron chi connectivity index (χ0n) is 18.7. The average Bonchev–Trinajstić information content (AvgIpc) is 3.35. The standard InChI is InChI=1S/C23H33N3O3S2/c1-14(2)8-9-24-19(27)13-30-23-25-21-20(17-7-6-15(3)11-18(17)31-21)22(28)26(23)12-16-5-4-10-29-16/h14-16H,4-13H2,1-3H3,(H,24,27). The third-order valence-electron chi connectivity index (χ3n) is 6.17. The van der Waals surface area contributed by atoms with Gasteiger partial charge in [0.2, 0.25) is 5.91 Å². The summed E-state index contributed by atoms with van der Waals surface area (Å²) in [4.78, 5) is 33.0. The molecule has 1 fully saturated rings. The number of thiophene rings is 1. The van der Waals surface area contributed by atoms with Crippen LogP contribution in [-0.4, -0.2) is 40.5 Å². The lowest BCUT2D eigenvalue weighted by molar-refractivity contribution is -0.118. The lowest BCUT2D eigenvalue weighted by atomic mass is 9.89. The van der Waals surface area contributed by atoms with E-state index in [0.29, 0.717) is 30.1 Å². The number of hydrogen-bond acceptors (Lipinski definition) is 6. The number of carbonyl (C=O) groups excluding carboxylic acids is 1. The van der Waals surface area contributed by atoms with E-state index in [0.717, 1.165) is 55.3 Å². The van der Waals surface area contributed by atoms with Crippen molar-refractivity contribution in [2.24, 2.45) is 11.8 Å². The van der Waals surface area contributed by atoms with Gasteiger partial charge in [-0.2, -0.15) is 0 Å². The second-order valence-electron chi connectivity index (χ2n) is 9.30. The van der Waals surface area contributed by atoms with Gasteiger partial charge in [0, 0.05) is 18.0 Å². The van der Waals surface area contributed by atoms with Gasteiger partial charge in [-0.1, -0.05) is 32.5 Å². The van der Waals surface area contributed by atoms with Crippen molar-refractivity contribution in [1.29, 1.82) is 0 Å². The van der Waals surface area contributed by atoms with Crippen molar-refractivity contribution in [1.82, 2.24) is 14.9 Å². The van der Waals surface area contributed by atoms with Crippen LogP contribution in [0.2, 0.25) is 0 Å². The number of amides is 1. The van der Waals surface area contributed by atoms with E-state index >= 15 is 0 Å². The Bertz CT molecular complexity index is 992. The van der Waals surface area contributed by atoms with Crippen molar-refractivity contribution in [3.63, 3.8) is 0 Å². The third kappa shape index (κ3) is 5.34. The Morgan fingerprint density at radius 1 is 1.39 bits per heavy atom. The molecule has 4 rings (SSSR count). The number of nitrogens with one attached hydrogen (secondary N) is 1. The first-order valence-electron chi connectivity index (χ1n) is 11.5. The van der Waals surface area contributed by atoms with Gasteiger partial charge < -0.3 is 10.1 Å². The summed E-state index contributed by atoms with van der Waals surface area (Å²) in [5.41, 5.74) is 1.25. The summed E-state index contributed by atoms with van der Waals surface area (Å²) in [6.45, 7) is 8.51. The van der Waals surface area contributed by atoms with Crippen LogP contribution in [0.1, 0.15) is 56.9 Å². The average molecular weight is 464 g/mol. The van der Waals surface area contributed by atoms with Crippen molar-refractivity contribution in [2.75, 3.05) is 18.9 Å². The van der Waals surface area contributed by atoms with E-state index in [-0.39, 0.29) is 23.3 Å². The predicted octanol–water partition coefficient (Wildman–Crippen LogP) is 4.02. The van der Waals surface area contributed by atoms with Gasteiger partial charge in [-0.3, -0.25) is 14.2 Å². The van der Waals surface area contributed by atoms with Gasteiger partial charge in [0.25, 0.3) is 5.56 Å². The number of aryl methyl sites for hydroxylation is 1. The molecule has 0 radical (unpaired) electrons. The molecular weight excluding hydrogens is 430 g/mol. The molecule has 3 heterocycles. The summed E-state index contributed by atoms with van der Waals surface area (Å²) in [6.07, 6.45) is 6.11. The monoisotopic (exact) mass is 463 g/mol. The molecule has 2 aromatic rings. The lowest BCUT2D eigenvalue weighted by Gasteiger charge is -2.18. The van der Waals surface area contributed by atoms with Crippen LogP contribution in [0.15, 0.2) is 9.95 Å². The van der Waals surface area contributed by atoms with E-state index < -0.39 is 0 Å². The molecule has 0 bridgehead atoms. The second-order valence-corrected chi connectivity index (χ2v) is 11.3. The molecule has 0 aromatic carbocycles. The zero-order valence-corrected chi connectivity index (χ0v) is 20.4.